The van der Waals surface area contributed by atoms with Crippen LogP contribution in [0.4, 0.5) is 10.5 Å². The number of amides is 2. The number of nitrogens with one attached hydrogen (secondary N) is 3. The number of likely N-dealkylation sites (tertiary alicyclic amines) is 1. The van der Waals surface area contributed by atoms with Gasteiger partial charge in [0, 0.05) is 38.6 Å². The van der Waals surface area contributed by atoms with Gasteiger partial charge in [0.1, 0.15) is 11.5 Å². The molecule has 2 aliphatic carbocycles. The Labute approximate surface area is 200 Å². The first-order valence-corrected chi connectivity index (χ1v) is 13.4. The zero-order valence-corrected chi connectivity index (χ0v) is 20.2. The molecule has 4 aliphatic rings. The summed E-state index contributed by atoms with van der Waals surface area (Å²) in [5.74, 6) is 0.139. The highest BCUT2D eigenvalue weighted by atomic mass is 32.2. The number of carbonyl (C=O) groups is 1. The Balaban J connectivity index is 1.33. The predicted octanol–water partition coefficient (Wildman–Crippen LogP) is 1.68. The maximum absolute atomic E-state index is 13.2. The quantitative estimate of drug-likeness (QED) is 0.465. The zero-order chi connectivity index (χ0) is 23.9. The van der Waals surface area contributed by atoms with Crippen LogP contribution in [0.15, 0.2) is 21.2 Å². The van der Waals surface area contributed by atoms with Crippen LogP contribution in [0.5, 0.6) is 0 Å². The maximum atomic E-state index is 13.2. The van der Waals surface area contributed by atoms with E-state index in [4.69, 9.17) is 20.0 Å². The van der Waals surface area contributed by atoms with Gasteiger partial charge in [-0.05, 0) is 60.8 Å². The molecule has 2 heterocycles. The minimum absolute atomic E-state index is 0.122. The summed E-state index contributed by atoms with van der Waals surface area (Å²) in [5.41, 5.74) is 5.68. The number of allylic oxidation sites excluding steroid dienone is 1. The molecule has 0 aromatic heterocycles. The van der Waals surface area contributed by atoms with Crippen molar-refractivity contribution in [3.63, 3.8) is 0 Å². The van der Waals surface area contributed by atoms with Gasteiger partial charge in [0.15, 0.2) is 9.92 Å². The van der Waals surface area contributed by atoms with E-state index in [1.54, 1.807) is 7.11 Å². The first-order valence-electron chi connectivity index (χ1n) is 11.8. The molecule has 0 saturated carbocycles. The minimum Gasteiger partial charge on any atom is -0.477 e. The van der Waals surface area contributed by atoms with Crippen LogP contribution in [-0.4, -0.2) is 66.9 Å². The van der Waals surface area contributed by atoms with E-state index < -0.39 is 15.9 Å². The average molecular weight is 489 g/mol. The molecule has 1 aromatic rings. The van der Waals surface area contributed by atoms with Crippen molar-refractivity contribution < 1.29 is 18.5 Å². The maximum Gasteiger partial charge on any atom is 0.354 e. The van der Waals surface area contributed by atoms with Gasteiger partial charge in [-0.15, -0.1) is 4.36 Å². The number of nitrogens with zero attached hydrogens (tertiary/aromatic N) is 2. The molecule has 5 N–H and O–H groups in total. The Morgan fingerprint density at radius 3 is 2.53 bits per heavy atom. The molecular weight excluding hydrogens is 456 g/mol. The van der Waals surface area contributed by atoms with Gasteiger partial charge >= 0.3 is 6.03 Å². The van der Waals surface area contributed by atoms with E-state index in [2.05, 4.69) is 26.0 Å². The van der Waals surface area contributed by atoms with Gasteiger partial charge in [-0.2, -0.15) is 0 Å². The van der Waals surface area contributed by atoms with Gasteiger partial charge in [0.2, 0.25) is 5.88 Å². The molecule has 10 nitrogen and oxygen atoms in total. The number of urea groups is 1. The van der Waals surface area contributed by atoms with E-state index in [1.807, 2.05) is 0 Å². The molecule has 2 amide bonds. The smallest absolute Gasteiger partial charge is 0.354 e. The zero-order valence-electron chi connectivity index (χ0n) is 19.4. The van der Waals surface area contributed by atoms with E-state index in [1.165, 1.54) is 11.1 Å². The molecule has 1 unspecified atom stereocenters. The molecule has 2 fully saturated rings. The van der Waals surface area contributed by atoms with Crippen LogP contribution in [0, 0.1) is 5.41 Å². The monoisotopic (exact) mass is 488 g/mol. The second kappa shape index (κ2) is 9.29. The Bertz CT molecular complexity index is 1120. The molecule has 5 rings (SSSR count). The van der Waals surface area contributed by atoms with Crippen LogP contribution in [0.2, 0.25) is 0 Å². The third-order valence-corrected chi connectivity index (χ3v) is 8.61. The molecule has 0 radical (unpaired) electrons. The summed E-state index contributed by atoms with van der Waals surface area (Å²) in [6.45, 7) is 2.57. The fraction of sp³-hybridized carbons (Fsp3) is 0.565. The number of nitrogens with two attached hydrogens (primary N) is 1. The van der Waals surface area contributed by atoms with Crippen molar-refractivity contribution in [2.75, 3.05) is 38.7 Å². The summed E-state index contributed by atoms with van der Waals surface area (Å²) in [6.07, 6.45) is 7.04. The number of benzene rings is 1. The highest BCUT2D eigenvalue weighted by molar-refractivity contribution is 7.96. The molecule has 2 atom stereocenters. The minimum atomic E-state index is -3.68. The number of anilines is 1. The Morgan fingerprint density at radius 2 is 1.97 bits per heavy atom. The largest absolute Gasteiger partial charge is 0.477 e. The SMILES string of the molecule is COC1CN([C@H]2CN/C(=C(\C=N)S(N)(=O)=NC(=O)Nc3c4c(cc5c3CCC5)CCC4)OC2)C1. The number of ether oxygens (including phenoxy) is 2. The Hall–Kier alpha value is -2.47. The van der Waals surface area contributed by atoms with Crippen LogP contribution in [0.25, 0.3) is 0 Å². The van der Waals surface area contributed by atoms with Gasteiger partial charge in [-0.3, -0.25) is 4.90 Å². The standard InChI is InChI=1S/C23H32N6O4S/c1-32-17-11-29(12-17)16-10-26-22(33-13-16)20(9-24)34(25,31)28-23(30)27-21-18-6-2-4-14(18)8-15-5-3-7-19(15)21/h8-9,16-17,24,26H,2-7,10-13H2,1H3,(H3,25,27,28,30,31)/b22-20-,24-9?/t16-,34?/m0/s1. The fourth-order valence-electron chi connectivity index (χ4n) is 5.36. The van der Waals surface area contributed by atoms with Crippen molar-refractivity contribution in [3.05, 3.63) is 39.1 Å². The van der Waals surface area contributed by atoms with Gasteiger partial charge in [-0.1, -0.05) is 6.07 Å². The number of fused-ring (bicyclic) bond motifs is 2. The lowest BCUT2D eigenvalue weighted by Crippen LogP contribution is -2.61. The Kier molecular flexibility index (Phi) is 6.36. The molecule has 1 aromatic carbocycles. The van der Waals surface area contributed by atoms with Crippen molar-refractivity contribution in [2.45, 2.75) is 50.7 Å². The van der Waals surface area contributed by atoms with Crippen molar-refractivity contribution in [1.82, 2.24) is 10.2 Å². The van der Waals surface area contributed by atoms with Crippen LogP contribution in [0.3, 0.4) is 0 Å². The molecule has 34 heavy (non-hydrogen) atoms. The molecule has 2 aliphatic heterocycles. The van der Waals surface area contributed by atoms with Gasteiger partial charge < -0.3 is 25.5 Å². The van der Waals surface area contributed by atoms with Crippen molar-refractivity contribution >= 4 is 27.8 Å². The number of carbonyl (C=O) groups excluding carboxylic acids is 1. The van der Waals surface area contributed by atoms with E-state index in [0.29, 0.717) is 13.2 Å². The van der Waals surface area contributed by atoms with Crippen molar-refractivity contribution in [2.24, 2.45) is 9.50 Å². The summed E-state index contributed by atoms with van der Waals surface area (Å²) < 4.78 is 28.1. The van der Waals surface area contributed by atoms with E-state index in [-0.39, 0.29) is 22.9 Å². The summed E-state index contributed by atoms with van der Waals surface area (Å²) in [5, 5.41) is 19.7. The molecular formula is C23H32N6O4S. The molecule has 0 spiro atoms. The second-order valence-electron chi connectivity index (χ2n) is 9.32. The first kappa shape index (κ1) is 23.3. The average Bonchev–Trinajstić information content (AvgIpc) is 3.43. The predicted molar refractivity (Wildman–Crippen MR) is 130 cm³/mol. The van der Waals surface area contributed by atoms with Gasteiger partial charge in [0.05, 0.1) is 12.1 Å². The fourth-order valence-corrected chi connectivity index (χ4v) is 6.32. The van der Waals surface area contributed by atoms with Crippen LogP contribution < -0.4 is 15.8 Å². The molecule has 11 heteroatoms. The second-order valence-corrected chi connectivity index (χ2v) is 11.1. The number of hydrogen-bond acceptors (Lipinski definition) is 7. The molecule has 184 valence electrons. The highest BCUT2D eigenvalue weighted by Crippen LogP contribution is 2.38. The third kappa shape index (κ3) is 4.33. The number of rotatable bonds is 5. The van der Waals surface area contributed by atoms with Crippen LogP contribution in [0.1, 0.15) is 35.1 Å². The van der Waals surface area contributed by atoms with E-state index in [9.17, 15) is 9.00 Å². The Morgan fingerprint density at radius 1 is 1.29 bits per heavy atom. The number of methoxy groups -OCH3 is 1. The lowest BCUT2D eigenvalue weighted by Gasteiger charge is -2.45. The topological polar surface area (TPSA) is 142 Å². The lowest BCUT2D eigenvalue weighted by atomic mass is 9.99. The normalized spacial score (nSPS) is 25.2. The summed E-state index contributed by atoms with van der Waals surface area (Å²) >= 11 is 0. The molecule has 2 saturated heterocycles. The van der Waals surface area contributed by atoms with E-state index >= 15 is 0 Å². The molecule has 0 bridgehead atoms. The summed E-state index contributed by atoms with van der Waals surface area (Å²) in [6, 6.07) is 1.65. The van der Waals surface area contributed by atoms with Crippen molar-refractivity contribution in [1.29, 1.82) is 5.41 Å². The summed E-state index contributed by atoms with van der Waals surface area (Å²) in [7, 11) is -1.98. The van der Waals surface area contributed by atoms with Crippen LogP contribution in [-0.2, 0) is 45.1 Å². The van der Waals surface area contributed by atoms with Crippen LogP contribution >= 0.6 is 0 Å². The summed E-state index contributed by atoms with van der Waals surface area (Å²) in [4.78, 5) is 15.0. The highest BCUT2D eigenvalue weighted by Gasteiger charge is 2.35. The van der Waals surface area contributed by atoms with E-state index in [0.717, 1.165) is 74.6 Å². The lowest BCUT2D eigenvalue weighted by molar-refractivity contribution is -0.0705. The third-order valence-electron chi connectivity index (χ3n) is 7.24. The number of hydrogen-bond donors (Lipinski definition) is 4. The first-order chi connectivity index (χ1) is 16.4. The van der Waals surface area contributed by atoms with Gasteiger partial charge in [0.25, 0.3) is 0 Å². The van der Waals surface area contributed by atoms with Gasteiger partial charge in [-0.25, -0.2) is 14.1 Å². The van der Waals surface area contributed by atoms with Crippen molar-refractivity contribution in [3.8, 4) is 0 Å². The number of aryl methyl sites for hydroxylation is 2.